The lowest BCUT2D eigenvalue weighted by molar-refractivity contribution is -0.117. The Labute approximate surface area is 160 Å². The third kappa shape index (κ3) is 3.75. The normalized spacial score (nSPS) is 16.4. The number of amides is 2. The molecule has 0 spiro atoms. The van der Waals surface area contributed by atoms with E-state index in [0.29, 0.717) is 23.6 Å². The topological polar surface area (TPSA) is 88.3 Å². The van der Waals surface area contributed by atoms with Crippen molar-refractivity contribution >= 4 is 17.5 Å². The van der Waals surface area contributed by atoms with Crippen molar-refractivity contribution in [2.45, 2.75) is 18.9 Å². The van der Waals surface area contributed by atoms with E-state index >= 15 is 0 Å². The van der Waals surface area contributed by atoms with Gasteiger partial charge in [-0.05, 0) is 30.3 Å². The third-order valence-electron chi connectivity index (χ3n) is 4.53. The van der Waals surface area contributed by atoms with Gasteiger partial charge in [0, 0.05) is 30.1 Å². The van der Waals surface area contributed by atoms with Crippen molar-refractivity contribution in [3.63, 3.8) is 0 Å². The molecule has 3 aromatic rings. The zero-order chi connectivity index (χ0) is 19.5. The molecule has 0 saturated carbocycles. The lowest BCUT2D eigenvalue weighted by atomic mass is 10.1. The summed E-state index contributed by atoms with van der Waals surface area (Å²) < 4.78 is 18.6. The maximum absolute atomic E-state index is 13.4. The molecule has 1 aliphatic rings. The Hall–Kier alpha value is -3.55. The van der Waals surface area contributed by atoms with E-state index in [1.807, 2.05) is 6.07 Å². The number of aromatic nitrogens is 2. The van der Waals surface area contributed by atoms with Gasteiger partial charge in [-0.15, -0.1) is 0 Å². The molecule has 1 saturated heterocycles. The second-order valence-electron chi connectivity index (χ2n) is 6.48. The van der Waals surface area contributed by atoms with E-state index in [0.717, 1.165) is 0 Å². The van der Waals surface area contributed by atoms with Gasteiger partial charge in [0.25, 0.3) is 5.91 Å². The van der Waals surface area contributed by atoms with Crippen LogP contribution in [0.2, 0.25) is 0 Å². The first-order chi connectivity index (χ1) is 13.6. The highest BCUT2D eigenvalue weighted by Crippen LogP contribution is 2.30. The molecule has 0 bridgehead atoms. The van der Waals surface area contributed by atoms with E-state index in [9.17, 15) is 14.0 Å². The van der Waals surface area contributed by atoms with Gasteiger partial charge in [-0.25, -0.2) is 4.39 Å². The molecule has 2 heterocycles. The van der Waals surface area contributed by atoms with E-state index in [1.54, 1.807) is 36.4 Å². The summed E-state index contributed by atoms with van der Waals surface area (Å²) in [5.74, 6) is -0.358. The molecule has 2 amide bonds. The Morgan fingerprint density at radius 2 is 2.04 bits per heavy atom. The average molecular weight is 380 g/mol. The minimum Gasteiger partial charge on any atom is -0.343 e. The van der Waals surface area contributed by atoms with Gasteiger partial charge in [0.2, 0.25) is 11.8 Å². The molecule has 142 valence electrons. The van der Waals surface area contributed by atoms with Gasteiger partial charge in [0.1, 0.15) is 5.82 Å². The maximum Gasteiger partial charge on any atom is 0.251 e. The summed E-state index contributed by atoms with van der Waals surface area (Å²) in [6.45, 7) is 0.437. The van der Waals surface area contributed by atoms with Crippen molar-refractivity contribution in [3.8, 4) is 0 Å². The van der Waals surface area contributed by atoms with Crippen molar-refractivity contribution in [2.75, 3.05) is 11.4 Å². The fraction of sp³-hybridized carbons (Fsp3) is 0.200. The molecule has 1 atom stereocenters. The summed E-state index contributed by atoms with van der Waals surface area (Å²) >= 11 is 0. The number of benzene rings is 2. The van der Waals surface area contributed by atoms with Crippen LogP contribution >= 0.6 is 0 Å². The summed E-state index contributed by atoms with van der Waals surface area (Å²) in [6, 6.07) is 14.7. The highest BCUT2D eigenvalue weighted by molar-refractivity contribution is 5.96. The number of nitrogens with zero attached hydrogens (tertiary/aromatic N) is 3. The first-order valence-corrected chi connectivity index (χ1v) is 8.82. The molecule has 1 N–H and O–H groups in total. The van der Waals surface area contributed by atoms with E-state index in [2.05, 4.69) is 15.5 Å². The molecule has 0 radical (unpaired) electrons. The minimum atomic E-state index is -0.398. The molecular formula is C20H17FN4O3. The molecule has 1 unspecified atom stereocenters. The summed E-state index contributed by atoms with van der Waals surface area (Å²) in [6.07, 6.45) is 0.214. The second-order valence-corrected chi connectivity index (χ2v) is 6.48. The first-order valence-electron chi connectivity index (χ1n) is 8.82. The summed E-state index contributed by atoms with van der Waals surface area (Å²) in [4.78, 5) is 30.2. The van der Waals surface area contributed by atoms with Crippen LogP contribution in [-0.2, 0) is 11.3 Å². The average Bonchev–Trinajstić information content (AvgIpc) is 3.33. The summed E-state index contributed by atoms with van der Waals surface area (Å²) in [5.41, 5.74) is 1.04. The molecule has 4 rings (SSSR count). The van der Waals surface area contributed by atoms with Crippen molar-refractivity contribution in [1.29, 1.82) is 0 Å². The van der Waals surface area contributed by atoms with Crippen LogP contribution in [0, 0.1) is 5.82 Å². The van der Waals surface area contributed by atoms with E-state index < -0.39 is 5.82 Å². The van der Waals surface area contributed by atoms with Gasteiger partial charge < -0.3 is 14.7 Å². The van der Waals surface area contributed by atoms with Crippen LogP contribution in [0.1, 0.15) is 34.4 Å². The number of anilines is 1. The Bertz CT molecular complexity index is 1010. The van der Waals surface area contributed by atoms with Gasteiger partial charge >= 0.3 is 0 Å². The van der Waals surface area contributed by atoms with Crippen LogP contribution < -0.4 is 10.2 Å². The number of carbonyl (C=O) groups excluding carboxylic acids is 2. The largest absolute Gasteiger partial charge is 0.343 e. The van der Waals surface area contributed by atoms with Crippen LogP contribution in [-0.4, -0.2) is 28.5 Å². The number of carbonyl (C=O) groups is 2. The Morgan fingerprint density at radius 3 is 2.82 bits per heavy atom. The van der Waals surface area contributed by atoms with E-state index in [4.69, 9.17) is 4.52 Å². The number of halogens is 1. The minimum absolute atomic E-state index is 0.0923. The van der Waals surface area contributed by atoms with Crippen LogP contribution in [0.25, 0.3) is 0 Å². The quantitative estimate of drug-likeness (QED) is 0.735. The number of hydrogen-bond acceptors (Lipinski definition) is 5. The number of hydrogen-bond donors (Lipinski definition) is 1. The van der Waals surface area contributed by atoms with Gasteiger partial charge in [-0.1, -0.05) is 29.4 Å². The standard InChI is InChI=1S/C20H17FN4O3/c21-15-7-4-8-16(10-15)25-12-14(9-18(25)26)19-23-17(28-24-19)11-22-20(27)13-5-2-1-3-6-13/h1-8,10,14H,9,11-12H2,(H,22,27). The fourth-order valence-corrected chi connectivity index (χ4v) is 3.13. The van der Waals surface area contributed by atoms with Crippen molar-refractivity contribution in [2.24, 2.45) is 0 Å². The smallest absolute Gasteiger partial charge is 0.251 e. The van der Waals surface area contributed by atoms with Crippen LogP contribution in [0.5, 0.6) is 0 Å². The zero-order valence-corrected chi connectivity index (χ0v) is 14.8. The molecule has 2 aromatic carbocycles. The lowest BCUT2D eigenvalue weighted by Gasteiger charge is -2.15. The first kappa shape index (κ1) is 17.8. The van der Waals surface area contributed by atoms with Gasteiger partial charge in [-0.3, -0.25) is 9.59 Å². The van der Waals surface area contributed by atoms with Crippen molar-refractivity contribution in [1.82, 2.24) is 15.5 Å². The zero-order valence-electron chi connectivity index (χ0n) is 14.8. The molecule has 28 heavy (non-hydrogen) atoms. The van der Waals surface area contributed by atoms with Crippen LogP contribution in [0.4, 0.5) is 10.1 Å². The molecular weight excluding hydrogens is 363 g/mol. The number of nitrogens with one attached hydrogen (secondary N) is 1. The van der Waals surface area contributed by atoms with Crippen LogP contribution in [0.3, 0.4) is 0 Å². The van der Waals surface area contributed by atoms with Crippen molar-refractivity contribution < 1.29 is 18.5 Å². The molecule has 1 aromatic heterocycles. The molecule has 1 fully saturated rings. The Kier molecular flexibility index (Phi) is 4.84. The lowest BCUT2D eigenvalue weighted by Crippen LogP contribution is -2.24. The van der Waals surface area contributed by atoms with Crippen molar-refractivity contribution in [3.05, 3.63) is 77.7 Å². The predicted octanol–water partition coefficient (Wildman–Crippen LogP) is 2.66. The summed E-state index contributed by atoms with van der Waals surface area (Å²) in [7, 11) is 0. The monoisotopic (exact) mass is 380 g/mol. The predicted molar refractivity (Wildman–Crippen MR) is 98.0 cm³/mol. The van der Waals surface area contributed by atoms with Gasteiger partial charge in [0.15, 0.2) is 5.82 Å². The highest BCUT2D eigenvalue weighted by atomic mass is 19.1. The fourth-order valence-electron chi connectivity index (χ4n) is 3.13. The Balaban J connectivity index is 1.39. The van der Waals surface area contributed by atoms with E-state index in [-0.39, 0.29) is 36.6 Å². The number of rotatable bonds is 5. The van der Waals surface area contributed by atoms with Gasteiger partial charge in [-0.2, -0.15) is 4.98 Å². The maximum atomic E-state index is 13.4. The highest BCUT2D eigenvalue weighted by Gasteiger charge is 2.34. The SMILES string of the molecule is O=C(NCc1nc(C2CC(=O)N(c3cccc(F)c3)C2)no1)c1ccccc1. The molecule has 7 nitrogen and oxygen atoms in total. The third-order valence-corrected chi connectivity index (χ3v) is 4.53. The second kappa shape index (κ2) is 7.59. The molecule has 1 aliphatic heterocycles. The van der Waals surface area contributed by atoms with Crippen LogP contribution in [0.15, 0.2) is 59.1 Å². The van der Waals surface area contributed by atoms with E-state index in [1.165, 1.54) is 17.0 Å². The summed E-state index contributed by atoms with van der Waals surface area (Å²) in [5, 5.41) is 6.65. The molecule has 0 aliphatic carbocycles. The van der Waals surface area contributed by atoms with Gasteiger partial charge in [0.05, 0.1) is 6.54 Å². The molecule has 8 heteroatoms. The Morgan fingerprint density at radius 1 is 1.21 bits per heavy atom.